The van der Waals surface area contributed by atoms with Gasteiger partial charge in [0.1, 0.15) is 23.9 Å². The van der Waals surface area contributed by atoms with Crippen molar-refractivity contribution in [2.24, 2.45) is 11.7 Å². The molecule has 1 aromatic carbocycles. The Labute approximate surface area is 210 Å². The molecule has 1 aliphatic rings. The lowest BCUT2D eigenvalue weighted by Gasteiger charge is -2.31. The largest absolute Gasteiger partial charge is 0.508 e. The van der Waals surface area contributed by atoms with Gasteiger partial charge in [0, 0.05) is 6.54 Å². The number of carbonyl (C=O) groups excluding carboxylic acids is 3. The Bertz CT molecular complexity index is 895. The van der Waals surface area contributed by atoms with Gasteiger partial charge in [-0.05, 0) is 61.3 Å². The maximum atomic E-state index is 13.4. The molecule has 1 aliphatic heterocycles. The standard InChI is InChI=1S/C24H36N4O6S/c1-14(2)20(27-21(30)17(25)13-15-6-8-16(29)9-7-15)23(32)28-11-4-5-19(28)22(31)26-18(24(33)34)10-12-35-3/h6-9,14,17-20,29H,4-5,10-13,25H2,1-3H3,(H,26,31)(H,27,30)(H,33,34)/t17-,18-,19-,20-/m0/s1. The molecule has 6 N–H and O–H groups in total. The van der Waals surface area contributed by atoms with Crippen LogP contribution >= 0.6 is 11.8 Å². The number of carboxylic acid groups (broad SMARTS) is 1. The fourth-order valence-corrected chi connectivity index (χ4v) is 4.47. The zero-order valence-corrected chi connectivity index (χ0v) is 21.2. The Balaban J connectivity index is 2.06. The van der Waals surface area contributed by atoms with Crippen molar-refractivity contribution in [1.82, 2.24) is 15.5 Å². The van der Waals surface area contributed by atoms with Crippen LogP contribution in [0.1, 0.15) is 38.7 Å². The number of phenols is 1. The third kappa shape index (κ3) is 8.14. The Morgan fingerprint density at radius 2 is 1.83 bits per heavy atom. The first-order valence-electron chi connectivity index (χ1n) is 11.7. The molecule has 35 heavy (non-hydrogen) atoms. The van der Waals surface area contributed by atoms with Crippen molar-refractivity contribution in [3.63, 3.8) is 0 Å². The Kier molecular flexibility index (Phi) is 10.8. The second kappa shape index (κ2) is 13.3. The van der Waals surface area contributed by atoms with E-state index in [0.717, 1.165) is 5.56 Å². The highest BCUT2D eigenvalue weighted by Crippen LogP contribution is 2.21. The highest BCUT2D eigenvalue weighted by Gasteiger charge is 2.39. The topological polar surface area (TPSA) is 162 Å². The number of carbonyl (C=O) groups is 4. The number of nitrogens with zero attached hydrogens (tertiary/aromatic N) is 1. The van der Waals surface area contributed by atoms with E-state index in [1.807, 2.05) is 6.26 Å². The molecule has 4 atom stereocenters. The summed E-state index contributed by atoms with van der Waals surface area (Å²) in [6, 6.07) is 2.76. The van der Waals surface area contributed by atoms with Gasteiger partial charge in [-0.1, -0.05) is 26.0 Å². The van der Waals surface area contributed by atoms with Crippen molar-refractivity contribution >= 4 is 35.5 Å². The second-order valence-electron chi connectivity index (χ2n) is 9.08. The summed E-state index contributed by atoms with van der Waals surface area (Å²) < 4.78 is 0. The number of aromatic hydroxyl groups is 1. The third-order valence-corrected chi connectivity index (χ3v) is 6.67. The van der Waals surface area contributed by atoms with Crippen LogP contribution in [-0.2, 0) is 25.6 Å². The molecule has 1 saturated heterocycles. The summed E-state index contributed by atoms with van der Waals surface area (Å²) in [6.07, 6.45) is 3.39. The smallest absolute Gasteiger partial charge is 0.326 e. The predicted octanol–water partition coefficient (Wildman–Crippen LogP) is 0.716. The highest BCUT2D eigenvalue weighted by atomic mass is 32.2. The van der Waals surface area contributed by atoms with Gasteiger partial charge in [-0.3, -0.25) is 14.4 Å². The van der Waals surface area contributed by atoms with Gasteiger partial charge in [0.25, 0.3) is 0 Å². The molecule has 0 bridgehead atoms. The third-order valence-electron chi connectivity index (χ3n) is 6.02. The van der Waals surface area contributed by atoms with E-state index in [-0.39, 0.29) is 30.4 Å². The number of likely N-dealkylation sites (tertiary alicyclic amines) is 1. The summed E-state index contributed by atoms with van der Waals surface area (Å²) in [7, 11) is 0. The van der Waals surface area contributed by atoms with Crippen molar-refractivity contribution in [3.05, 3.63) is 29.8 Å². The van der Waals surface area contributed by atoms with Crippen molar-refractivity contribution in [2.45, 2.75) is 63.7 Å². The van der Waals surface area contributed by atoms with Gasteiger partial charge in [-0.15, -0.1) is 0 Å². The summed E-state index contributed by atoms with van der Waals surface area (Å²) >= 11 is 1.49. The van der Waals surface area contributed by atoms with Gasteiger partial charge in [-0.25, -0.2) is 4.79 Å². The minimum atomic E-state index is -1.11. The number of benzene rings is 1. The van der Waals surface area contributed by atoms with Crippen LogP contribution < -0.4 is 16.4 Å². The monoisotopic (exact) mass is 508 g/mol. The molecule has 0 saturated carbocycles. The zero-order valence-electron chi connectivity index (χ0n) is 20.4. The average molecular weight is 509 g/mol. The summed E-state index contributed by atoms with van der Waals surface area (Å²) in [4.78, 5) is 52.0. The molecule has 1 heterocycles. The molecule has 0 radical (unpaired) electrons. The first kappa shape index (κ1) is 28.4. The predicted molar refractivity (Wildman–Crippen MR) is 134 cm³/mol. The molecule has 0 spiro atoms. The maximum absolute atomic E-state index is 13.4. The molecule has 0 aliphatic carbocycles. The van der Waals surface area contributed by atoms with Crippen molar-refractivity contribution in [3.8, 4) is 5.75 Å². The molecule has 3 amide bonds. The van der Waals surface area contributed by atoms with Crippen molar-refractivity contribution in [2.75, 3.05) is 18.6 Å². The fraction of sp³-hybridized carbons (Fsp3) is 0.583. The lowest BCUT2D eigenvalue weighted by Crippen LogP contribution is -2.58. The SMILES string of the molecule is CSCC[C@H](NC(=O)[C@@H]1CCCN1C(=O)[C@@H](NC(=O)[C@@H](N)Cc1ccc(O)cc1)C(C)C)C(=O)O. The molecular weight excluding hydrogens is 472 g/mol. The number of hydrogen-bond donors (Lipinski definition) is 5. The average Bonchev–Trinajstić information content (AvgIpc) is 3.30. The van der Waals surface area contributed by atoms with E-state index in [2.05, 4.69) is 10.6 Å². The number of hydrogen-bond acceptors (Lipinski definition) is 7. The first-order chi connectivity index (χ1) is 16.5. The van der Waals surface area contributed by atoms with Gasteiger partial charge in [0.15, 0.2) is 0 Å². The van der Waals surface area contributed by atoms with E-state index in [1.54, 1.807) is 26.0 Å². The summed E-state index contributed by atoms with van der Waals surface area (Å²) in [5.41, 5.74) is 6.83. The van der Waals surface area contributed by atoms with Crippen LogP contribution in [0.5, 0.6) is 5.75 Å². The Morgan fingerprint density at radius 3 is 2.40 bits per heavy atom. The number of nitrogens with one attached hydrogen (secondary N) is 2. The summed E-state index contributed by atoms with van der Waals surface area (Å²) in [6.45, 7) is 3.93. The number of carboxylic acids is 1. The van der Waals surface area contributed by atoms with Gasteiger partial charge in [0.2, 0.25) is 17.7 Å². The minimum Gasteiger partial charge on any atom is -0.508 e. The van der Waals surface area contributed by atoms with Crippen LogP contribution in [0.4, 0.5) is 0 Å². The van der Waals surface area contributed by atoms with E-state index < -0.39 is 42.0 Å². The molecule has 2 rings (SSSR count). The van der Waals surface area contributed by atoms with E-state index >= 15 is 0 Å². The van der Waals surface area contributed by atoms with Crippen LogP contribution in [-0.4, -0.2) is 81.5 Å². The van der Waals surface area contributed by atoms with Gasteiger partial charge < -0.3 is 31.5 Å². The van der Waals surface area contributed by atoms with Crippen molar-refractivity contribution < 1.29 is 29.4 Å². The van der Waals surface area contributed by atoms with E-state index in [9.17, 15) is 29.4 Å². The van der Waals surface area contributed by atoms with Crippen LogP contribution in [0, 0.1) is 5.92 Å². The quantitative estimate of drug-likeness (QED) is 0.276. The van der Waals surface area contributed by atoms with Gasteiger partial charge >= 0.3 is 5.97 Å². The molecule has 194 valence electrons. The molecule has 11 heteroatoms. The number of phenolic OH excluding ortho intramolecular Hbond substituents is 1. The minimum absolute atomic E-state index is 0.111. The molecule has 10 nitrogen and oxygen atoms in total. The first-order valence-corrected chi connectivity index (χ1v) is 13.1. The zero-order chi connectivity index (χ0) is 26.1. The van der Waals surface area contributed by atoms with Crippen LogP contribution in [0.25, 0.3) is 0 Å². The van der Waals surface area contributed by atoms with Crippen LogP contribution in [0.15, 0.2) is 24.3 Å². The normalized spacial score (nSPS) is 18.1. The molecule has 0 unspecified atom stereocenters. The van der Waals surface area contributed by atoms with Crippen LogP contribution in [0.3, 0.4) is 0 Å². The van der Waals surface area contributed by atoms with Crippen molar-refractivity contribution in [1.29, 1.82) is 0 Å². The van der Waals surface area contributed by atoms with E-state index in [1.165, 1.54) is 28.8 Å². The number of aliphatic carboxylic acids is 1. The summed E-state index contributed by atoms with van der Waals surface area (Å²) in [5, 5.41) is 24.1. The van der Waals surface area contributed by atoms with E-state index in [4.69, 9.17) is 5.73 Å². The maximum Gasteiger partial charge on any atom is 0.326 e. The van der Waals surface area contributed by atoms with Gasteiger partial charge in [0.05, 0.1) is 6.04 Å². The molecule has 0 aromatic heterocycles. The Hall–Kier alpha value is -2.79. The number of amides is 3. The summed E-state index contributed by atoms with van der Waals surface area (Å²) in [5.74, 6) is -2.06. The van der Waals surface area contributed by atoms with Gasteiger partial charge in [-0.2, -0.15) is 11.8 Å². The van der Waals surface area contributed by atoms with E-state index in [0.29, 0.717) is 25.1 Å². The second-order valence-corrected chi connectivity index (χ2v) is 10.1. The lowest BCUT2D eigenvalue weighted by molar-refractivity contribution is -0.145. The molecule has 1 fully saturated rings. The number of nitrogens with two attached hydrogens (primary N) is 1. The lowest BCUT2D eigenvalue weighted by atomic mass is 10.00. The highest BCUT2D eigenvalue weighted by molar-refractivity contribution is 7.98. The number of thioether (sulfide) groups is 1. The van der Waals surface area contributed by atoms with Crippen LogP contribution in [0.2, 0.25) is 0 Å². The molecular formula is C24H36N4O6S. The molecule has 1 aromatic rings. The Morgan fingerprint density at radius 1 is 1.17 bits per heavy atom. The number of rotatable bonds is 12. The fourth-order valence-electron chi connectivity index (χ4n) is 4.00.